The monoisotopic (exact) mass is 434 g/mol. The van der Waals surface area contributed by atoms with Crippen molar-refractivity contribution in [3.63, 3.8) is 0 Å². The van der Waals surface area contributed by atoms with E-state index in [9.17, 15) is 18.4 Å². The SMILES string of the molecule is O=C1COCC2(CCN3C(=O)COc4c(F)cc(F)cc4C4=CCC(CC4)OCC32)N1. The van der Waals surface area contributed by atoms with Gasteiger partial charge in [-0.3, -0.25) is 9.59 Å². The molecule has 1 aromatic rings. The van der Waals surface area contributed by atoms with Gasteiger partial charge in [-0.2, -0.15) is 0 Å². The number of hydrogen-bond acceptors (Lipinski definition) is 5. The number of carbonyl (C=O) groups is 2. The Hall–Kier alpha value is -2.52. The topological polar surface area (TPSA) is 77.1 Å². The van der Waals surface area contributed by atoms with Crippen LogP contribution in [-0.2, 0) is 19.1 Å². The Kier molecular flexibility index (Phi) is 5.18. The Morgan fingerprint density at radius 2 is 2.06 bits per heavy atom. The lowest BCUT2D eigenvalue weighted by atomic mass is 9.89. The van der Waals surface area contributed by atoms with Gasteiger partial charge in [-0.25, -0.2) is 8.78 Å². The van der Waals surface area contributed by atoms with Crippen LogP contribution < -0.4 is 10.1 Å². The lowest BCUT2D eigenvalue weighted by Crippen LogP contribution is -2.65. The van der Waals surface area contributed by atoms with Crippen LogP contribution >= 0.6 is 0 Å². The predicted molar refractivity (Wildman–Crippen MR) is 105 cm³/mol. The van der Waals surface area contributed by atoms with E-state index in [4.69, 9.17) is 14.2 Å². The molecule has 2 fully saturated rings. The summed E-state index contributed by atoms with van der Waals surface area (Å²) in [6, 6.07) is 1.59. The van der Waals surface area contributed by atoms with Gasteiger partial charge in [-0.05, 0) is 37.3 Å². The highest BCUT2D eigenvalue weighted by Crippen LogP contribution is 2.38. The van der Waals surface area contributed by atoms with Gasteiger partial charge >= 0.3 is 0 Å². The van der Waals surface area contributed by atoms with Crippen LogP contribution in [0.2, 0.25) is 0 Å². The normalized spacial score (nSPS) is 31.0. The second kappa shape index (κ2) is 7.87. The lowest BCUT2D eigenvalue weighted by molar-refractivity contribution is -0.144. The Morgan fingerprint density at radius 3 is 2.84 bits per heavy atom. The van der Waals surface area contributed by atoms with E-state index < -0.39 is 29.8 Å². The lowest BCUT2D eigenvalue weighted by Gasteiger charge is -2.41. The van der Waals surface area contributed by atoms with E-state index in [1.165, 1.54) is 6.07 Å². The molecule has 0 aromatic heterocycles. The number of benzene rings is 1. The molecule has 4 aliphatic heterocycles. The summed E-state index contributed by atoms with van der Waals surface area (Å²) in [5, 5.41) is 3.02. The molecule has 5 aliphatic rings. The fraction of sp³-hybridized carbons (Fsp3) is 0.545. The molecular formula is C22H24F2N2O5. The first-order valence-electron chi connectivity index (χ1n) is 10.6. The molecule has 4 heterocycles. The first kappa shape index (κ1) is 20.4. The number of rotatable bonds is 0. The molecule has 1 spiro atoms. The first-order valence-corrected chi connectivity index (χ1v) is 10.6. The second-order valence-corrected chi connectivity index (χ2v) is 8.56. The number of hydrogen-bond donors (Lipinski definition) is 1. The fourth-order valence-corrected chi connectivity index (χ4v) is 5.07. The van der Waals surface area contributed by atoms with E-state index in [0.717, 1.165) is 11.6 Å². The summed E-state index contributed by atoms with van der Waals surface area (Å²) >= 11 is 0. The van der Waals surface area contributed by atoms with Gasteiger partial charge in [0.2, 0.25) is 5.91 Å². The molecule has 31 heavy (non-hydrogen) atoms. The molecule has 2 amide bonds. The van der Waals surface area contributed by atoms with Crippen molar-refractivity contribution < 1.29 is 32.6 Å². The van der Waals surface area contributed by atoms with E-state index in [2.05, 4.69) is 5.32 Å². The molecule has 3 atom stereocenters. The number of morpholine rings is 1. The zero-order valence-corrected chi connectivity index (χ0v) is 17.0. The van der Waals surface area contributed by atoms with E-state index >= 15 is 0 Å². The first-order chi connectivity index (χ1) is 14.9. The number of allylic oxidation sites excluding steroid dienone is 1. The number of fused-ring (bicyclic) bond motifs is 5. The molecule has 7 nitrogen and oxygen atoms in total. The van der Waals surface area contributed by atoms with Crippen LogP contribution in [0.25, 0.3) is 5.57 Å². The van der Waals surface area contributed by atoms with Crippen molar-refractivity contribution >= 4 is 17.4 Å². The average molecular weight is 434 g/mol. The van der Waals surface area contributed by atoms with E-state index in [-0.39, 0.29) is 36.9 Å². The number of nitrogens with zero attached hydrogens (tertiary/aromatic N) is 1. The highest BCUT2D eigenvalue weighted by molar-refractivity contribution is 5.81. The number of nitrogens with one attached hydrogen (secondary N) is 1. The predicted octanol–water partition coefficient (Wildman–Crippen LogP) is 1.80. The van der Waals surface area contributed by atoms with Crippen molar-refractivity contribution in [2.24, 2.45) is 0 Å². The van der Waals surface area contributed by atoms with Crippen molar-refractivity contribution in [2.45, 2.75) is 43.4 Å². The number of amides is 2. The van der Waals surface area contributed by atoms with Crippen LogP contribution in [-0.4, -0.2) is 67.4 Å². The summed E-state index contributed by atoms with van der Waals surface area (Å²) in [6.07, 6.45) is 4.22. The number of ether oxygens (including phenoxy) is 3. The third-order valence-corrected chi connectivity index (χ3v) is 6.66. The largest absolute Gasteiger partial charge is 0.480 e. The van der Waals surface area contributed by atoms with Crippen LogP contribution in [0, 0.1) is 11.6 Å². The van der Waals surface area contributed by atoms with Gasteiger partial charge < -0.3 is 24.4 Å². The Bertz CT molecular complexity index is 952. The molecule has 1 aliphatic carbocycles. The maximum absolute atomic E-state index is 14.6. The molecule has 1 N–H and O–H groups in total. The maximum atomic E-state index is 14.6. The summed E-state index contributed by atoms with van der Waals surface area (Å²) in [6.45, 7) is 0.539. The molecule has 0 radical (unpaired) electrons. The van der Waals surface area contributed by atoms with Crippen LogP contribution in [0.3, 0.4) is 0 Å². The Balaban J connectivity index is 1.49. The molecule has 9 heteroatoms. The van der Waals surface area contributed by atoms with E-state index in [1.54, 1.807) is 4.90 Å². The summed E-state index contributed by atoms with van der Waals surface area (Å²) in [5.74, 6) is -2.20. The van der Waals surface area contributed by atoms with E-state index in [0.29, 0.717) is 44.4 Å². The van der Waals surface area contributed by atoms with Crippen LogP contribution in [0.4, 0.5) is 8.78 Å². The molecule has 166 valence electrons. The highest BCUT2D eigenvalue weighted by atomic mass is 19.1. The maximum Gasteiger partial charge on any atom is 0.260 e. The van der Waals surface area contributed by atoms with Crippen LogP contribution in [0.1, 0.15) is 31.2 Å². The van der Waals surface area contributed by atoms with Gasteiger partial charge in [-0.15, -0.1) is 0 Å². The van der Waals surface area contributed by atoms with Crippen molar-refractivity contribution in [1.29, 1.82) is 0 Å². The van der Waals surface area contributed by atoms with Crippen LogP contribution in [0.5, 0.6) is 5.75 Å². The Labute approximate surface area is 178 Å². The zero-order chi connectivity index (χ0) is 21.6. The second-order valence-electron chi connectivity index (χ2n) is 8.56. The van der Waals surface area contributed by atoms with Gasteiger partial charge in [0.25, 0.3) is 5.91 Å². The third kappa shape index (κ3) is 3.70. The van der Waals surface area contributed by atoms with Gasteiger partial charge in [0.1, 0.15) is 12.4 Å². The number of carbonyl (C=O) groups excluding carboxylic acids is 2. The van der Waals surface area contributed by atoms with Crippen molar-refractivity contribution in [3.05, 3.63) is 35.4 Å². The molecular weight excluding hydrogens is 410 g/mol. The molecule has 2 saturated heterocycles. The smallest absolute Gasteiger partial charge is 0.260 e. The van der Waals surface area contributed by atoms with Gasteiger partial charge in [-0.1, -0.05) is 6.08 Å². The fourth-order valence-electron chi connectivity index (χ4n) is 5.07. The molecule has 2 bridgehead atoms. The Morgan fingerprint density at radius 1 is 1.19 bits per heavy atom. The van der Waals surface area contributed by atoms with Crippen molar-refractivity contribution in [3.8, 4) is 5.75 Å². The van der Waals surface area contributed by atoms with Gasteiger partial charge in [0, 0.05) is 18.2 Å². The standard InChI is InChI=1S/C22H24F2N2O5/c23-14-7-16-13-1-3-15(4-2-13)30-9-18-22(12-29-10-19(27)25-22)5-6-26(18)20(28)11-31-21(16)17(24)8-14/h1,7-8,15,18H,2-6,9-12H2,(H,25,27). The quantitative estimate of drug-likeness (QED) is 0.674. The number of halogens is 2. The van der Waals surface area contributed by atoms with Gasteiger partial charge in [0.05, 0.1) is 30.9 Å². The third-order valence-electron chi connectivity index (χ3n) is 6.66. The summed E-state index contributed by atoms with van der Waals surface area (Å²) in [5.41, 5.74) is 0.405. The summed E-state index contributed by atoms with van der Waals surface area (Å²) in [7, 11) is 0. The van der Waals surface area contributed by atoms with Crippen molar-refractivity contribution in [2.75, 3.05) is 33.0 Å². The van der Waals surface area contributed by atoms with Gasteiger partial charge in [0.15, 0.2) is 18.2 Å². The minimum absolute atomic E-state index is 0.00476. The summed E-state index contributed by atoms with van der Waals surface area (Å²) in [4.78, 5) is 26.7. The zero-order valence-electron chi connectivity index (χ0n) is 17.0. The molecule has 3 unspecified atom stereocenters. The van der Waals surface area contributed by atoms with Crippen molar-refractivity contribution in [1.82, 2.24) is 10.2 Å². The van der Waals surface area contributed by atoms with Crippen LogP contribution in [0.15, 0.2) is 18.2 Å². The molecule has 1 aromatic carbocycles. The molecule has 6 rings (SSSR count). The van der Waals surface area contributed by atoms with E-state index in [1.807, 2.05) is 6.08 Å². The minimum Gasteiger partial charge on any atom is -0.480 e. The molecule has 0 saturated carbocycles. The highest BCUT2D eigenvalue weighted by Gasteiger charge is 2.52. The minimum atomic E-state index is -0.834. The summed E-state index contributed by atoms with van der Waals surface area (Å²) < 4.78 is 45.8. The average Bonchev–Trinajstić information content (AvgIpc) is 3.08.